The van der Waals surface area contributed by atoms with E-state index in [4.69, 9.17) is 10.2 Å². The van der Waals surface area contributed by atoms with Crippen molar-refractivity contribution in [2.45, 2.75) is 19.6 Å². The van der Waals surface area contributed by atoms with Crippen molar-refractivity contribution < 1.29 is 4.42 Å². The highest BCUT2D eigenvalue weighted by atomic mass is 16.3. The van der Waals surface area contributed by atoms with Gasteiger partial charge in [-0.1, -0.05) is 24.3 Å². The molecule has 0 atom stereocenters. The molecule has 0 aliphatic carbocycles. The van der Waals surface area contributed by atoms with Gasteiger partial charge in [-0.15, -0.1) is 0 Å². The summed E-state index contributed by atoms with van der Waals surface area (Å²) >= 11 is 0. The third-order valence-electron chi connectivity index (χ3n) is 2.44. The van der Waals surface area contributed by atoms with E-state index in [1.807, 2.05) is 24.3 Å². The van der Waals surface area contributed by atoms with Gasteiger partial charge in [0.1, 0.15) is 5.76 Å². The lowest BCUT2D eigenvalue weighted by Gasteiger charge is -2.04. The molecule has 84 valence electrons. The predicted octanol–water partition coefficient (Wildman–Crippen LogP) is 2.03. The Morgan fingerprint density at radius 1 is 1.06 bits per heavy atom. The Morgan fingerprint density at radius 3 is 2.69 bits per heavy atom. The average molecular weight is 216 g/mol. The first-order chi connectivity index (χ1) is 7.88. The van der Waals surface area contributed by atoms with Gasteiger partial charge in [0.15, 0.2) is 0 Å². The maximum absolute atomic E-state index is 5.59. The lowest BCUT2D eigenvalue weighted by atomic mass is 10.1. The summed E-state index contributed by atoms with van der Waals surface area (Å²) in [6.45, 7) is 2.17. The van der Waals surface area contributed by atoms with Crippen molar-refractivity contribution in [1.29, 1.82) is 0 Å². The van der Waals surface area contributed by atoms with E-state index in [0.717, 1.165) is 24.4 Å². The van der Waals surface area contributed by atoms with E-state index in [-0.39, 0.29) is 0 Å². The van der Waals surface area contributed by atoms with E-state index in [1.54, 1.807) is 6.26 Å². The SMILES string of the molecule is NCc1cccc(CNCc2ccco2)c1. The number of nitrogens with one attached hydrogen (secondary N) is 1. The standard InChI is InChI=1S/C13H16N2O/c14-8-11-3-1-4-12(7-11)9-15-10-13-5-2-6-16-13/h1-7,15H,8-10,14H2. The van der Waals surface area contributed by atoms with E-state index in [1.165, 1.54) is 5.56 Å². The molecule has 0 unspecified atom stereocenters. The zero-order valence-corrected chi connectivity index (χ0v) is 9.15. The van der Waals surface area contributed by atoms with Gasteiger partial charge in [0.25, 0.3) is 0 Å². The fourth-order valence-electron chi connectivity index (χ4n) is 1.61. The molecule has 0 fully saturated rings. The largest absolute Gasteiger partial charge is 0.468 e. The van der Waals surface area contributed by atoms with Crippen LogP contribution in [0.1, 0.15) is 16.9 Å². The summed E-state index contributed by atoms with van der Waals surface area (Å²) in [5.41, 5.74) is 8.00. The molecule has 0 aliphatic heterocycles. The minimum Gasteiger partial charge on any atom is -0.468 e. The van der Waals surface area contributed by atoms with Gasteiger partial charge >= 0.3 is 0 Å². The molecule has 0 bridgehead atoms. The zero-order valence-electron chi connectivity index (χ0n) is 9.15. The van der Waals surface area contributed by atoms with Gasteiger partial charge in [-0.2, -0.15) is 0 Å². The highest BCUT2D eigenvalue weighted by Gasteiger charge is 1.97. The zero-order chi connectivity index (χ0) is 11.2. The maximum atomic E-state index is 5.59. The number of furan rings is 1. The van der Waals surface area contributed by atoms with Gasteiger partial charge in [-0.25, -0.2) is 0 Å². The van der Waals surface area contributed by atoms with E-state index in [0.29, 0.717) is 6.54 Å². The Kier molecular flexibility index (Phi) is 3.75. The molecule has 1 aromatic carbocycles. The number of hydrogen-bond acceptors (Lipinski definition) is 3. The molecule has 2 aromatic rings. The highest BCUT2D eigenvalue weighted by molar-refractivity contribution is 5.23. The molecule has 0 amide bonds. The molecule has 16 heavy (non-hydrogen) atoms. The molecule has 0 radical (unpaired) electrons. The van der Waals surface area contributed by atoms with Crippen LogP contribution in [0, 0.1) is 0 Å². The summed E-state index contributed by atoms with van der Waals surface area (Å²) in [6, 6.07) is 12.1. The van der Waals surface area contributed by atoms with Crippen LogP contribution in [-0.2, 0) is 19.6 Å². The summed E-state index contributed by atoms with van der Waals surface area (Å²) in [6.07, 6.45) is 1.69. The maximum Gasteiger partial charge on any atom is 0.117 e. The Labute approximate surface area is 95.3 Å². The van der Waals surface area contributed by atoms with E-state index in [2.05, 4.69) is 17.4 Å². The summed E-state index contributed by atoms with van der Waals surface area (Å²) < 4.78 is 5.23. The molecular weight excluding hydrogens is 200 g/mol. The second-order valence-electron chi connectivity index (χ2n) is 3.71. The fourth-order valence-corrected chi connectivity index (χ4v) is 1.61. The van der Waals surface area contributed by atoms with Crippen molar-refractivity contribution in [3.63, 3.8) is 0 Å². The number of benzene rings is 1. The van der Waals surface area contributed by atoms with Gasteiger partial charge in [-0.3, -0.25) is 0 Å². The van der Waals surface area contributed by atoms with E-state index >= 15 is 0 Å². The first-order valence-corrected chi connectivity index (χ1v) is 5.39. The van der Waals surface area contributed by atoms with Crippen molar-refractivity contribution in [2.75, 3.05) is 0 Å². The first-order valence-electron chi connectivity index (χ1n) is 5.39. The second kappa shape index (κ2) is 5.49. The topological polar surface area (TPSA) is 51.2 Å². The molecule has 3 heteroatoms. The van der Waals surface area contributed by atoms with Crippen molar-refractivity contribution >= 4 is 0 Å². The van der Waals surface area contributed by atoms with Gasteiger partial charge in [0.2, 0.25) is 0 Å². The van der Waals surface area contributed by atoms with Crippen LogP contribution in [-0.4, -0.2) is 0 Å². The molecule has 0 saturated carbocycles. The van der Waals surface area contributed by atoms with Gasteiger partial charge in [0.05, 0.1) is 12.8 Å². The average Bonchev–Trinajstić information content (AvgIpc) is 2.82. The smallest absolute Gasteiger partial charge is 0.117 e. The molecule has 0 spiro atoms. The van der Waals surface area contributed by atoms with Gasteiger partial charge < -0.3 is 15.5 Å². The number of nitrogens with two attached hydrogens (primary N) is 1. The fraction of sp³-hybridized carbons (Fsp3) is 0.231. The first kappa shape index (κ1) is 10.9. The normalized spacial score (nSPS) is 10.6. The van der Waals surface area contributed by atoms with Gasteiger partial charge in [0, 0.05) is 13.1 Å². The van der Waals surface area contributed by atoms with Crippen LogP contribution >= 0.6 is 0 Å². The molecule has 0 saturated heterocycles. The summed E-state index contributed by atoms with van der Waals surface area (Å²) in [5, 5.41) is 3.32. The van der Waals surface area contributed by atoms with Crippen LogP contribution in [0.5, 0.6) is 0 Å². The van der Waals surface area contributed by atoms with Crippen LogP contribution < -0.4 is 11.1 Å². The number of hydrogen-bond donors (Lipinski definition) is 2. The third kappa shape index (κ3) is 2.95. The molecule has 2 rings (SSSR count). The molecule has 1 aromatic heterocycles. The summed E-state index contributed by atoms with van der Waals surface area (Å²) in [5.74, 6) is 0.954. The van der Waals surface area contributed by atoms with Crippen molar-refractivity contribution in [3.05, 3.63) is 59.5 Å². The lowest BCUT2D eigenvalue weighted by molar-refractivity contribution is 0.483. The Morgan fingerprint density at radius 2 is 1.94 bits per heavy atom. The molecular formula is C13H16N2O. The quantitative estimate of drug-likeness (QED) is 0.804. The van der Waals surface area contributed by atoms with Crippen molar-refractivity contribution in [2.24, 2.45) is 5.73 Å². The molecule has 3 nitrogen and oxygen atoms in total. The minimum absolute atomic E-state index is 0.589. The Balaban J connectivity index is 1.85. The summed E-state index contributed by atoms with van der Waals surface area (Å²) in [4.78, 5) is 0. The lowest BCUT2D eigenvalue weighted by Crippen LogP contribution is -2.12. The summed E-state index contributed by atoms with van der Waals surface area (Å²) in [7, 11) is 0. The molecule has 1 heterocycles. The Bertz CT molecular complexity index is 423. The van der Waals surface area contributed by atoms with Crippen molar-refractivity contribution in [1.82, 2.24) is 5.32 Å². The van der Waals surface area contributed by atoms with Crippen LogP contribution in [0.4, 0.5) is 0 Å². The second-order valence-corrected chi connectivity index (χ2v) is 3.71. The monoisotopic (exact) mass is 216 g/mol. The highest BCUT2D eigenvalue weighted by Crippen LogP contribution is 2.05. The van der Waals surface area contributed by atoms with Crippen molar-refractivity contribution in [3.8, 4) is 0 Å². The number of rotatable bonds is 5. The van der Waals surface area contributed by atoms with Crippen LogP contribution in [0.2, 0.25) is 0 Å². The van der Waals surface area contributed by atoms with Crippen LogP contribution in [0.25, 0.3) is 0 Å². The van der Waals surface area contributed by atoms with Crippen LogP contribution in [0.15, 0.2) is 47.1 Å². The minimum atomic E-state index is 0.589. The predicted molar refractivity (Wildman–Crippen MR) is 63.6 cm³/mol. The van der Waals surface area contributed by atoms with E-state index in [9.17, 15) is 0 Å². The van der Waals surface area contributed by atoms with Gasteiger partial charge in [-0.05, 0) is 23.3 Å². The van der Waals surface area contributed by atoms with E-state index < -0.39 is 0 Å². The molecule has 3 N–H and O–H groups in total. The van der Waals surface area contributed by atoms with Crippen LogP contribution in [0.3, 0.4) is 0 Å². The third-order valence-corrected chi connectivity index (χ3v) is 2.44. The Hall–Kier alpha value is -1.58. The molecule has 0 aliphatic rings.